The number of rotatable bonds is 6. The van der Waals surface area contributed by atoms with Crippen molar-refractivity contribution in [2.24, 2.45) is 0 Å². The van der Waals surface area contributed by atoms with Crippen molar-refractivity contribution in [3.05, 3.63) is 60.2 Å². The quantitative estimate of drug-likeness (QED) is 0.842. The van der Waals surface area contributed by atoms with Crippen molar-refractivity contribution in [3.8, 4) is 5.75 Å². The number of nitrogens with zero attached hydrogens (tertiary/aromatic N) is 1. The fraction of sp³-hybridized carbons (Fsp3) is 0.409. The third-order valence-corrected chi connectivity index (χ3v) is 5.18. The zero-order valence-corrected chi connectivity index (χ0v) is 15.7. The topological polar surface area (TPSA) is 41.6 Å². The Kier molecular flexibility index (Phi) is 6.16. The van der Waals surface area contributed by atoms with Gasteiger partial charge in [0.1, 0.15) is 11.8 Å². The van der Waals surface area contributed by atoms with E-state index < -0.39 is 0 Å². The number of hydrogen-bond donors (Lipinski definition) is 1. The van der Waals surface area contributed by atoms with Gasteiger partial charge in [0.05, 0.1) is 7.11 Å². The lowest BCUT2D eigenvalue weighted by Crippen LogP contribution is -2.44. The third kappa shape index (κ3) is 4.37. The van der Waals surface area contributed by atoms with Gasteiger partial charge in [-0.3, -0.25) is 4.79 Å². The minimum atomic E-state index is -0.370. The number of carbonyl (C=O) groups is 1. The molecule has 1 aliphatic rings. The van der Waals surface area contributed by atoms with E-state index in [1.165, 1.54) is 19.3 Å². The minimum absolute atomic E-state index is 0.0634. The van der Waals surface area contributed by atoms with E-state index in [2.05, 4.69) is 5.32 Å². The normalized spacial score (nSPS) is 15.9. The molecule has 1 aliphatic carbocycles. The average molecular weight is 352 g/mol. The summed E-state index contributed by atoms with van der Waals surface area (Å²) in [6.45, 7) is 0. The van der Waals surface area contributed by atoms with Crippen molar-refractivity contribution in [3.63, 3.8) is 0 Å². The van der Waals surface area contributed by atoms with Crippen LogP contribution in [-0.4, -0.2) is 26.1 Å². The molecule has 0 bridgehead atoms. The maximum absolute atomic E-state index is 13.2. The minimum Gasteiger partial charge on any atom is -0.497 e. The molecule has 4 heteroatoms. The summed E-state index contributed by atoms with van der Waals surface area (Å²) in [6, 6.07) is 17.7. The summed E-state index contributed by atoms with van der Waals surface area (Å²) in [7, 11) is 3.63. The van der Waals surface area contributed by atoms with E-state index in [0.29, 0.717) is 6.04 Å². The van der Waals surface area contributed by atoms with Gasteiger partial charge in [-0.05, 0) is 42.7 Å². The van der Waals surface area contributed by atoms with E-state index in [9.17, 15) is 4.79 Å². The highest BCUT2D eigenvalue weighted by Gasteiger charge is 2.28. The Bertz CT molecular complexity index is 694. The molecule has 138 valence electrons. The highest BCUT2D eigenvalue weighted by Crippen LogP contribution is 2.28. The van der Waals surface area contributed by atoms with Gasteiger partial charge < -0.3 is 15.0 Å². The molecule has 26 heavy (non-hydrogen) atoms. The molecule has 1 unspecified atom stereocenters. The number of carbonyl (C=O) groups excluding carboxylic acids is 1. The summed E-state index contributed by atoms with van der Waals surface area (Å²) >= 11 is 0. The zero-order chi connectivity index (χ0) is 18.4. The van der Waals surface area contributed by atoms with Gasteiger partial charge in [0, 0.05) is 18.8 Å². The zero-order valence-electron chi connectivity index (χ0n) is 15.7. The Morgan fingerprint density at radius 2 is 1.69 bits per heavy atom. The lowest BCUT2D eigenvalue weighted by atomic mass is 9.94. The van der Waals surface area contributed by atoms with Gasteiger partial charge in [0.25, 0.3) is 0 Å². The molecule has 1 fully saturated rings. The van der Waals surface area contributed by atoms with E-state index in [1.807, 2.05) is 66.5 Å². The van der Waals surface area contributed by atoms with E-state index in [1.54, 1.807) is 7.11 Å². The first-order valence-corrected chi connectivity index (χ1v) is 9.41. The molecule has 1 N–H and O–H groups in total. The van der Waals surface area contributed by atoms with Crippen LogP contribution in [-0.2, 0) is 4.79 Å². The SMILES string of the molecule is COc1ccc(C(C(=O)NC2CCCCC2)N(C)c2ccccc2)cc1. The molecule has 1 atom stereocenters. The number of benzene rings is 2. The van der Waals surface area contributed by atoms with Crippen molar-refractivity contribution in [1.82, 2.24) is 5.32 Å². The van der Waals surface area contributed by atoms with Crippen LogP contribution in [0.2, 0.25) is 0 Å². The smallest absolute Gasteiger partial charge is 0.247 e. The summed E-state index contributed by atoms with van der Waals surface area (Å²) in [4.78, 5) is 15.2. The van der Waals surface area contributed by atoms with Gasteiger partial charge in [0.15, 0.2) is 0 Å². The van der Waals surface area contributed by atoms with Crippen LogP contribution in [0.5, 0.6) is 5.75 Å². The first-order chi connectivity index (χ1) is 12.7. The molecule has 0 aromatic heterocycles. The van der Waals surface area contributed by atoms with Gasteiger partial charge >= 0.3 is 0 Å². The van der Waals surface area contributed by atoms with Crippen molar-refractivity contribution in [2.75, 3.05) is 19.1 Å². The molecular formula is C22H28N2O2. The predicted molar refractivity (Wildman–Crippen MR) is 106 cm³/mol. The second kappa shape index (κ2) is 8.75. The van der Waals surface area contributed by atoms with Crippen molar-refractivity contribution in [2.45, 2.75) is 44.2 Å². The van der Waals surface area contributed by atoms with Gasteiger partial charge in [-0.25, -0.2) is 0 Å². The first-order valence-electron chi connectivity index (χ1n) is 9.41. The van der Waals surface area contributed by atoms with Crippen LogP contribution in [0.4, 0.5) is 5.69 Å². The molecule has 0 radical (unpaired) electrons. The Balaban J connectivity index is 1.85. The molecule has 0 spiro atoms. The molecule has 2 aromatic carbocycles. The number of anilines is 1. The predicted octanol–water partition coefficient (Wildman–Crippen LogP) is 4.32. The van der Waals surface area contributed by atoms with Crippen LogP contribution in [0.25, 0.3) is 0 Å². The summed E-state index contributed by atoms with van der Waals surface area (Å²) in [5, 5.41) is 3.28. The van der Waals surface area contributed by atoms with E-state index in [0.717, 1.165) is 29.8 Å². The van der Waals surface area contributed by atoms with Crippen LogP contribution in [0.3, 0.4) is 0 Å². The molecular weight excluding hydrogens is 324 g/mol. The van der Waals surface area contributed by atoms with Gasteiger partial charge in [-0.15, -0.1) is 0 Å². The van der Waals surface area contributed by atoms with Crippen LogP contribution >= 0.6 is 0 Å². The largest absolute Gasteiger partial charge is 0.497 e. The van der Waals surface area contributed by atoms with Crippen LogP contribution in [0.1, 0.15) is 43.7 Å². The third-order valence-electron chi connectivity index (χ3n) is 5.18. The molecule has 1 saturated carbocycles. The van der Waals surface area contributed by atoms with Crippen molar-refractivity contribution < 1.29 is 9.53 Å². The summed E-state index contributed by atoms with van der Waals surface area (Å²) in [5.41, 5.74) is 1.98. The maximum atomic E-state index is 13.2. The van der Waals surface area contributed by atoms with Crippen LogP contribution < -0.4 is 15.0 Å². The van der Waals surface area contributed by atoms with E-state index in [4.69, 9.17) is 4.74 Å². The molecule has 0 saturated heterocycles. The van der Waals surface area contributed by atoms with Crippen LogP contribution in [0.15, 0.2) is 54.6 Å². The van der Waals surface area contributed by atoms with E-state index in [-0.39, 0.29) is 11.9 Å². The Labute approximate surface area is 156 Å². The maximum Gasteiger partial charge on any atom is 0.247 e. The number of para-hydroxylation sites is 1. The first kappa shape index (κ1) is 18.3. The van der Waals surface area contributed by atoms with Gasteiger partial charge in [-0.2, -0.15) is 0 Å². The molecule has 0 aliphatic heterocycles. The lowest BCUT2D eigenvalue weighted by Gasteiger charge is -2.32. The second-order valence-corrected chi connectivity index (χ2v) is 6.97. The van der Waals surface area contributed by atoms with Gasteiger partial charge in [0.2, 0.25) is 5.91 Å². The van der Waals surface area contributed by atoms with Crippen molar-refractivity contribution >= 4 is 11.6 Å². The number of amides is 1. The second-order valence-electron chi connectivity index (χ2n) is 6.97. The molecule has 2 aromatic rings. The number of hydrogen-bond acceptors (Lipinski definition) is 3. The Morgan fingerprint density at radius 1 is 1.04 bits per heavy atom. The van der Waals surface area contributed by atoms with E-state index >= 15 is 0 Å². The number of nitrogens with one attached hydrogen (secondary N) is 1. The molecule has 0 heterocycles. The summed E-state index contributed by atoms with van der Waals surface area (Å²) < 4.78 is 5.26. The van der Waals surface area contributed by atoms with Crippen LogP contribution in [0, 0.1) is 0 Å². The number of methoxy groups -OCH3 is 1. The molecule has 4 nitrogen and oxygen atoms in total. The molecule has 3 rings (SSSR count). The van der Waals surface area contributed by atoms with Crippen molar-refractivity contribution in [1.29, 1.82) is 0 Å². The Hall–Kier alpha value is -2.49. The monoisotopic (exact) mass is 352 g/mol. The number of likely N-dealkylation sites (N-methyl/N-ethyl adjacent to an activating group) is 1. The standard InChI is InChI=1S/C22H28N2O2/c1-24(19-11-7-4-8-12-19)21(17-13-15-20(26-2)16-14-17)22(25)23-18-9-5-3-6-10-18/h4,7-8,11-16,18,21H,3,5-6,9-10H2,1-2H3,(H,23,25). The highest BCUT2D eigenvalue weighted by molar-refractivity contribution is 5.86. The summed E-state index contributed by atoms with van der Waals surface area (Å²) in [5.74, 6) is 0.857. The lowest BCUT2D eigenvalue weighted by molar-refractivity contribution is -0.123. The fourth-order valence-corrected chi connectivity index (χ4v) is 3.68. The highest BCUT2D eigenvalue weighted by atomic mass is 16.5. The average Bonchev–Trinajstić information content (AvgIpc) is 2.70. The number of ether oxygens (including phenoxy) is 1. The molecule has 1 amide bonds. The van der Waals surface area contributed by atoms with Gasteiger partial charge in [-0.1, -0.05) is 49.6 Å². The fourth-order valence-electron chi connectivity index (χ4n) is 3.68. The summed E-state index contributed by atoms with van der Waals surface area (Å²) in [6.07, 6.45) is 5.84. The Morgan fingerprint density at radius 3 is 2.31 bits per heavy atom.